The molecule has 0 saturated carbocycles. The van der Waals surface area contributed by atoms with Gasteiger partial charge in [0.15, 0.2) is 5.13 Å². The van der Waals surface area contributed by atoms with Crippen molar-refractivity contribution >= 4 is 34.2 Å². The molecule has 1 fully saturated rings. The first kappa shape index (κ1) is 18.1. The van der Waals surface area contributed by atoms with E-state index >= 15 is 0 Å². The molecular weight excluding hydrogens is 352 g/mol. The SMILES string of the molecule is CCc1ccc(C(=O)NNC(=O)Cc2csc(N3CCCC3=O)n2)cc1. The first-order valence-electron chi connectivity index (χ1n) is 8.49. The van der Waals surface area contributed by atoms with Gasteiger partial charge < -0.3 is 0 Å². The number of rotatable bonds is 5. The summed E-state index contributed by atoms with van der Waals surface area (Å²) in [4.78, 5) is 41.7. The van der Waals surface area contributed by atoms with Gasteiger partial charge in [-0.1, -0.05) is 19.1 Å². The van der Waals surface area contributed by atoms with E-state index in [1.165, 1.54) is 11.3 Å². The summed E-state index contributed by atoms with van der Waals surface area (Å²) in [6.07, 6.45) is 2.31. The fourth-order valence-corrected chi connectivity index (χ4v) is 3.52. The molecule has 1 aliphatic heterocycles. The van der Waals surface area contributed by atoms with Gasteiger partial charge in [-0.2, -0.15) is 0 Å². The van der Waals surface area contributed by atoms with E-state index in [1.807, 2.05) is 19.1 Å². The normalized spacial score (nSPS) is 13.7. The number of benzene rings is 1. The summed E-state index contributed by atoms with van der Waals surface area (Å²) in [7, 11) is 0. The third kappa shape index (κ3) is 4.26. The number of aromatic nitrogens is 1. The summed E-state index contributed by atoms with van der Waals surface area (Å²) in [5, 5.41) is 2.38. The number of carbonyl (C=O) groups excluding carboxylic acids is 3. The van der Waals surface area contributed by atoms with E-state index in [0.29, 0.717) is 29.4 Å². The van der Waals surface area contributed by atoms with Crippen LogP contribution in [-0.4, -0.2) is 29.3 Å². The van der Waals surface area contributed by atoms with Crippen LogP contribution in [-0.2, 0) is 22.4 Å². The molecule has 3 amide bonds. The minimum atomic E-state index is -0.373. The predicted molar refractivity (Wildman–Crippen MR) is 98.8 cm³/mol. The second-order valence-electron chi connectivity index (χ2n) is 6.00. The minimum Gasteiger partial charge on any atom is -0.288 e. The van der Waals surface area contributed by atoms with Gasteiger partial charge in [-0.15, -0.1) is 11.3 Å². The lowest BCUT2D eigenvalue weighted by Crippen LogP contribution is -2.42. The molecular formula is C18H20N4O3S. The van der Waals surface area contributed by atoms with Gasteiger partial charge in [-0.3, -0.25) is 30.1 Å². The number of thiazole rings is 1. The zero-order valence-corrected chi connectivity index (χ0v) is 15.3. The number of anilines is 1. The van der Waals surface area contributed by atoms with Gasteiger partial charge in [0, 0.05) is 23.9 Å². The Morgan fingerprint density at radius 1 is 1.23 bits per heavy atom. The van der Waals surface area contributed by atoms with E-state index in [9.17, 15) is 14.4 Å². The van der Waals surface area contributed by atoms with Crippen LogP contribution < -0.4 is 15.8 Å². The lowest BCUT2D eigenvalue weighted by atomic mass is 10.1. The molecule has 0 aliphatic carbocycles. The molecule has 2 aromatic rings. The number of nitrogens with zero attached hydrogens (tertiary/aromatic N) is 2. The Morgan fingerprint density at radius 3 is 2.65 bits per heavy atom. The van der Waals surface area contributed by atoms with Crippen molar-refractivity contribution < 1.29 is 14.4 Å². The molecule has 7 nitrogen and oxygen atoms in total. The van der Waals surface area contributed by atoms with Crippen molar-refractivity contribution in [3.8, 4) is 0 Å². The Hall–Kier alpha value is -2.74. The van der Waals surface area contributed by atoms with Gasteiger partial charge in [-0.25, -0.2) is 4.98 Å². The Kier molecular flexibility index (Phi) is 5.62. The van der Waals surface area contributed by atoms with Gasteiger partial charge in [-0.05, 0) is 30.5 Å². The van der Waals surface area contributed by atoms with Crippen LogP contribution in [0.2, 0.25) is 0 Å². The summed E-state index contributed by atoms with van der Waals surface area (Å²) in [5.41, 5.74) is 6.98. The molecule has 3 rings (SSSR count). The van der Waals surface area contributed by atoms with Gasteiger partial charge in [0.2, 0.25) is 11.8 Å². The summed E-state index contributed by atoms with van der Waals surface area (Å²) in [6.45, 7) is 2.71. The van der Waals surface area contributed by atoms with Gasteiger partial charge >= 0.3 is 0 Å². The fourth-order valence-electron chi connectivity index (χ4n) is 2.65. The van der Waals surface area contributed by atoms with E-state index in [4.69, 9.17) is 0 Å². The first-order chi connectivity index (χ1) is 12.6. The van der Waals surface area contributed by atoms with Gasteiger partial charge in [0.25, 0.3) is 5.91 Å². The Labute approximate surface area is 155 Å². The molecule has 2 heterocycles. The molecule has 1 aromatic carbocycles. The van der Waals surface area contributed by atoms with Crippen molar-refractivity contribution in [1.29, 1.82) is 0 Å². The van der Waals surface area contributed by atoms with Crippen LogP contribution in [0.3, 0.4) is 0 Å². The third-order valence-electron chi connectivity index (χ3n) is 4.13. The van der Waals surface area contributed by atoms with E-state index in [2.05, 4.69) is 15.8 Å². The van der Waals surface area contributed by atoms with Crippen LogP contribution in [0.15, 0.2) is 29.6 Å². The highest BCUT2D eigenvalue weighted by Crippen LogP contribution is 2.25. The van der Waals surface area contributed by atoms with Crippen LogP contribution in [0.25, 0.3) is 0 Å². The first-order valence-corrected chi connectivity index (χ1v) is 9.37. The summed E-state index contributed by atoms with van der Waals surface area (Å²) in [5.74, 6) is -0.674. The van der Waals surface area contributed by atoms with Crippen molar-refractivity contribution in [1.82, 2.24) is 15.8 Å². The molecule has 8 heteroatoms. The maximum absolute atomic E-state index is 12.0. The summed E-state index contributed by atoms with van der Waals surface area (Å²) >= 11 is 1.34. The topological polar surface area (TPSA) is 91.4 Å². The van der Waals surface area contributed by atoms with Crippen LogP contribution in [0.4, 0.5) is 5.13 Å². The maximum atomic E-state index is 12.0. The molecule has 1 aliphatic rings. The van der Waals surface area contributed by atoms with Gasteiger partial charge in [0.05, 0.1) is 12.1 Å². The number of hydrogen-bond donors (Lipinski definition) is 2. The average molecular weight is 372 g/mol. The summed E-state index contributed by atoms with van der Waals surface area (Å²) in [6, 6.07) is 7.21. The van der Waals surface area contributed by atoms with Crippen molar-refractivity contribution in [3.63, 3.8) is 0 Å². The molecule has 1 aromatic heterocycles. The number of carbonyl (C=O) groups is 3. The van der Waals surface area contributed by atoms with Crippen LogP contribution in [0, 0.1) is 0 Å². The highest BCUT2D eigenvalue weighted by Gasteiger charge is 2.24. The zero-order chi connectivity index (χ0) is 18.5. The largest absolute Gasteiger partial charge is 0.288 e. The van der Waals surface area contributed by atoms with Crippen molar-refractivity contribution in [2.45, 2.75) is 32.6 Å². The molecule has 136 valence electrons. The Bertz CT molecular complexity index is 816. The number of hydrazine groups is 1. The molecule has 0 spiro atoms. The van der Waals surface area contributed by atoms with Crippen molar-refractivity contribution in [2.75, 3.05) is 11.4 Å². The van der Waals surface area contributed by atoms with Crippen LogP contribution >= 0.6 is 11.3 Å². The van der Waals surface area contributed by atoms with Crippen molar-refractivity contribution in [2.24, 2.45) is 0 Å². The highest BCUT2D eigenvalue weighted by atomic mass is 32.1. The van der Waals surface area contributed by atoms with Crippen LogP contribution in [0.5, 0.6) is 0 Å². The molecule has 0 radical (unpaired) electrons. The molecule has 2 N–H and O–H groups in total. The minimum absolute atomic E-state index is 0.0353. The smallest absolute Gasteiger partial charge is 0.269 e. The number of amides is 3. The Morgan fingerprint density at radius 2 is 2.00 bits per heavy atom. The quantitative estimate of drug-likeness (QED) is 0.784. The van der Waals surface area contributed by atoms with E-state index in [-0.39, 0.29) is 24.1 Å². The predicted octanol–water partition coefficient (Wildman–Crippen LogP) is 1.84. The van der Waals surface area contributed by atoms with E-state index in [1.54, 1.807) is 22.4 Å². The second kappa shape index (κ2) is 8.09. The third-order valence-corrected chi connectivity index (χ3v) is 5.04. The monoisotopic (exact) mass is 372 g/mol. The molecule has 26 heavy (non-hydrogen) atoms. The lowest BCUT2D eigenvalue weighted by molar-refractivity contribution is -0.121. The number of nitrogens with one attached hydrogen (secondary N) is 2. The van der Waals surface area contributed by atoms with E-state index < -0.39 is 0 Å². The number of aryl methyl sites for hydroxylation is 1. The molecule has 0 unspecified atom stereocenters. The van der Waals surface area contributed by atoms with Gasteiger partial charge in [0.1, 0.15) is 0 Å². The Balaban J connectivity index is 1.50. The van der Waals surface area contributed by atoms with Crippen molar-refractivity contribution in [3.05, 3.63) is 46.5 Å². The zero-order valence-electron chi connectivity index (χ0n) is 14.4. The number of hydrogen-bond acceptors (Lipinski definition) is 5. The van der Waals surface area contributed by atoms with Crippen LogP contribution in [0.1, 0.15) is 41.4 Å². The highest BCUT2D eigenvalue weighted by molar-refractivity contribution is 7.14. The fraction of sp³-hybridized carbons (Fsp3) is 0.333. The lowest BCUT2D eigenvalue weighted by Gasteiger charge is -2.10. The standard InChI is InChI=1S/C18H20N4O3S/c1-2-12-5-7-13(8-6-12)17(25)21-20-15(23)10-14-11-26-18(19-14)22-9-3-4-16(22)24/h5-8,11H,2-4,9-10H2,1H3,(H,20,23)(H,21,25). The second-order valence-corrected chi connectivity index (χ2v) is 6.84. The average Bonchev–Trinajstić information content (AvgIpc) is 3.28. The molecule has 1 saturated heterocycles. The maximum Gasteiger partial charge on any atom is 0.269 e. The molecule has 0 atom stereocenters. The molecule has 0 bridgehead atoms. The van der Waals surface area contributed by atoms with E-state index in [0.717, 1.165) is 18.4 Å². The summed E-state index contributed by atoms with van der Waals surface area (Å²) < 4.78 is 0.